The number of benzene rings is 2. The second kappa shape index (κ2) is 4.87. The standard InChI is InChI=1S/C17H16Si/c1-18(17-9-3-2-4-10-17)13-14-11-15-7-5-6-8-16(15)12-14/h2-11,13H,12H2,1H3. The van der Waals surface area contributed by atoms with E-state index in [1.807, 2.05) is 0 Å². The predicted molar refractivity (Wildman–Crippen MR) is 81.9 cm³/mol. The van der Waals surface area contributed by atoms with E-state index in [1.165, 1.54) is 21.9 Å². The van der Waals surface area contributed by atoms with Gasteiger partial charge in [-0.2, -0.15) is 0 Å². The van der Waals surface area contributed by atoms with E-state index < -0.39 is 8.41 Å². The highest BCUT2D eigenvalue weighted by Gasteiger charge is 2.10. The molecule has 0 nitrogen and oxygen atoms in total. The Balaban J connectivity index is 1.88. The molecule has 0 aliphatic heterocycles. The van der Waals surface area contributed by atoms with Crippen molar-refractivity contribution in [1.29, 1.82) is 0 Å². The quantitative estimate of drug-likeness (QED) is 0.717. The first kappa shape index (κ1) is 11.4. The van der Waals surface area contributed by atoms with Crippen LogP contribution in [-0.2, 0) is 6.42 Å². The monoisotopic (exact) mass is 248 g/mol. The van der Waals surface area contributed by atoms with Gasteiger partial charge in [-0.25, -0.2) is 0 Å². The molecule has 1 heteroatoms. The highest BCUT2D eigenvalue weighted by molar-refractivity contribution is 6.78. The van der Waals surface area contributed by atoms with Crippen LogP contribution >= 0.6 is 0 Å². The second-order valence-electron chi connectivity index (χ2n) is 4.79. The summed E-state index contributed by atoms with van der Waals surface area (Å²) in [4.78, 5) is 0. The average molecular weight is 248 g/mol. The summed E-state index contributed by atoms with van der Waals surface area (Å²) in [6.45, 7) is 2.36. The van der Waals surface area contributed by atoms with Crippen molar-refractivity contribution in [3.05, 3.63) is 71.3 Å². The van der Waals surface area contributed by atoms with Gasteiger partial charge in [0.15, 0.2) is 0 Å². The predicted octanol–water partition coefficient (Wildman–Crippen LogP) is 3.04. The van der Waals surface area contributed by atoms with Gasteiger partial charge in [0.1, 0.15) is 0 Å². The molecule has 1 aliphatic rings. The van der Waals surface area contributed by atoms with Crippen molar-refractivity contribution >= 4 is 25.3 Å². The molecule has 0 N–H and O–H groups in total. The molecule has 0 unspecified atom stereocenters. The van der Waals surface area contributed by atoms with Crippen LogP contribution in [0.15, 0.2) is 60.2 Å². The third-order valence-electron chi connectivity index (χ3n) is 3.42. The lowest BCUT2D eigenvalue weighted by atomic mass is 10.1. The molecule has 0 fully saturated rings. The summed E-state index contributed by atoms with van der Waals surface area (Å²) in [5.41, 5.74) is 6.83. The molecule has 0 bridgehead atoms. The van der Waals surface area contributed by atoms with Crippen molar-refractivity contribution in [1.82, 2.24) is 0 Å². The lowest BCUT2D eigenvalue weighted by Crippen LogP contribution is -2.20. The van der Waals surface area contributed by atoms with Crippen molar-refractivity contribution in [2.24, 2.45) is 0 Å². The number of allylic oxidation sites excluding steroid dienone is 1. The van der Waals surface area contributed by atoms with Crippen LogP contribution in [0.25, 0.3) is 6.08 Å². The molecule has 0 aromatic heterocycles. The zero-order valence-electron chi connectivity index (χ0n) is 10.6. The van der Waals surface area contributed by atoms with Crippen LogP contribution < -0.4 is 5.19 Å². The van der Waals surface area contributed by atoms with Crippen LogP contribution in [-0.4, -0.2) is 14.1 Å². The Morgan fingerprint density at radius 2 is 1.67 bits per heavy atom. The molecule has 0 heterocycles. The van der Waals surface area contributed by atoms with Crippen molar-refractivity contribution in [2.45, 2.75) is 13.0 Å². The van der Waals surface area contributed by atoms with Gasteiger partial charge in [-0.05, 0) is 28.3 Å². The van der Waals surface area contributed by atoms with Crippen molar-refractivity contribution in [3.8, 4) is 0 Å². The normalized spacial score (nSPS) is 14.3. The van der Waals surface area contributed by atoms with Crippen LogP contribution in [0.3, 0.4) is 0 Å². The Labute approximate surface area is 110 Å². The Kier molecular flexibility index (Phi) is 3.07. The Morgan fingerprint density at radius 1 is 0.944 bits per heavy atom. The SMILES string of the molecule is C[Si](=CC1=Cc2ccccc2C1)c1ccccc1. The summed E-state index contributed by atoms with van der Waals surface area (Å²) >= 11 is 0. The Hall–Kier alpha value is -1.73. The van der Waals surface area contributed by atoms with Gasteiger partial charge in [0.05, 0.1) is 0 Å². The highest BCUT2D eigenvalue weighted by atomic mass is 28.2. The van der Waals surface area contributed by atoms with Gasteiger partial charge >= 0.3 is 0 Å². The van der Waals surface area contributed by atoms with E-state index in [2.05, 4.69) is 72.9 Å². The maximum absolute atomic E-state index is 2.49. The molecule has 88 valence electrons. The molecule has 3 rings (SSSR count). The molecule has 2 aromatic carbocycles. The molecule has 2 aromatic rings. The van der Waals surface area contributed by atoms with Crippen LogP contribution in [0.5, 0.6) is 0 Å². The van der Waals surface area contributed by atoms with Gasteiger partial charge in [-0.3, -0.25) is 0 Å². The van der Waals surface area contributed by atoms with Gasteiger partial charge in [0.25, 0.3) is 0 Å². The Morgan fingerprint density at radius 3 is 2.44 bits per heavy atom. The summed E-state index contributed by atoms with van der Waals surface area (Å²) in [5, 5.41) is 1.49. The van der Waals surface area contributed by atoms with E-state index in [9.17, 15) is 0 Å². The van der Waals surface area contributed by atoms with E-state index in [0.29, 0.717) is 0 Å². The summed E-state index contributed by atoms with van der Waals surface area (Å²) < 4.78 is 0. The first-order valence-electron chi connectivity index (χ1n) is 6.35. The minimum Gasteiger partial charge on any atom is -0.0739 e. The molecule has 0 saturated carbocycles. The zero-order chi connectivity index (χ0) is 12.4. The van der Waals surface area contributed by atoms with Gasteiger partial charge in [-0.1, -0.05) is 72.9 Å². The van der Waals surface area contributed by atoms with Crippen molar-refractivity contribution in [3.63, 3.8) is 0 Å². The molecule has 0 saturated heterocycles. The summed E-state index contributed by atoms with van der Waals surface area (Å²) in [6, 6.07) is 19.5. The molecule has 0 amide bonds. The molecule has 0 spiro atoms. The van der Waals surface area contributed by atoms with E-state index in [-0.39, 0.29) is 0 Å². The van der Waals surface area contributed by atoms with Gasteiger partial charge in [0.2, 0.25) is 0 Å². The van der Waals surface area contributed by atoms with E-state index in [0.717, 1.165) is 6.42 Å². The molecule has 18 heavy (non-hydrogen) atoms. The maximum Gasteiger partial charge on any atom is 0.0428 e. The largest absolute Gasteiger partial charge is 0.0739 e. The molecular formula is C17H16Si. The van der Waals surface area contributed by atoms with E-state index in [1.54, 1.807) is 0 Å². The third kappa shape index (κ3) is 2.27. The van der Waals surface area contributed by atoms with Gasteiger partial charge < -0.3 is 0 Å². The first-order valence-corrected chi connectivity index (χ1v) is 8.43. The number of rotatable bonds is 2. The lowest BCUT2D eigenvalue weighted by Gasteiger charge is -2.01. The summed E-state index contributed by atoms with van der Waals surface area (Å²) in [7, 11) is -0.560. The smallest absolute Gasteiger partial charge is 0.0428 e. The molecular weight excluding hydrogens is 232 g/mol. The fourth-order valence-corrected chi connectivity index (χ4v) is 4.09. The Bertz CT molecular complexity index is 621. The van der Waals surface area contributed by atoms with E-state index in [4.69, 9.17) is 0 Å². The lowest BCUT2D eigenvalue weighted by molar-refractivity contribution is 1.28. The van der Waals surface area contributed by atoms with Gasteiger partial charge in [0, 0.05) is 8.41 Å². The minimum absolute atomic E-state index is 0.560. The van der Waals surface area contributed by atoms with Crippen LogP contribution in [0.1, 0.15) is 11.1 Å². The third-order valence-corrected chi connectivity index (χ3v) is 5.47. The van der Waals surface area contributed by atoms with Gasteiger partial charge in [-0.15, -0.1) is 0 Å². The minimum atomic E-state index is -0.560. The number of hydrogen-bond donors (Lipinski definition) is 0. The highest BCUT2D eigenvalue weighted by Crippen LogP contribution is 2.23. The molecule has 0 atom stereocenters. The van der Waals surface area contributed by atoms with Crippen LogP contribution in [0.4, 0.5) is 0 Å². The van der Waals surface area contributed by atoms with E-state index >= 15 is 0 Å². The summed E-state index contributed by atoms with van der Waals surface area (Å²) in [5.74, 6) is 0. The second-order valence-corrected chi connectivity index (χ2v) is 7.02. The van der Waals surface area contributed by atoms with Crippen molar-refractivity contribution in [2.75, 3.05) is 0 Å². The van der Waals surface area contributed by atoms with Crippen LogP contribution in [0, 0.1) is 0 Å². The van der Waals surface area contributed by atoms with Crippen LogP contribution in [0.2, 0.25) is 6.55 Å². The number of fused-ring (bicyclic) bond motifs is 1. The zero-order valence-corrected chi connectivity index (χ0v) is 11.6. The summed E-state index contributed by atoms with van der Waals surface area (Å²) in [6.07, 6.45) is 3.44. The molecule has 0 radical (unpaired) electrons. The molecule has 1 aliphatic carbocycles. The topological polar surface area (TPSA) is 0 Å². The first-order chi connectivity index (χ1) is 8.83. The number of hydrogen-bond acceptors (Lipinski definition) is 0. The average Bonchev–Trinajstić information content (AvgIpc) is 2.82. The maximum atomic E-state index is 2.49. The fraction of sp³-hybridized carbons (Fsp3) is 0.118. The fourth-order valence-electron chi connectivity index (χ4n) is 2.46. The van der Waals surface area contributed by atoms with Crippen molar-refractivity contribution < 1.29 is 0 Å².